The summed E-state index contributed by atoms with van der Waals surface area (Å²) in [6.07, 6.45) is 5.00. The molecule has 0 saturated heterocycles. The van der Waals surface area contributed by atoms with Crippen molar-refractivity contribution in [2.24, 2.45) is 0 Å². The molecule has 1 N–H and O–H groups in total. The van der Waals surface area contributed by atoms with Crippen molar-refractivity contribution in [2.75, 3.05) is 13.2 Å². The summed E-state index contributed by atoms with van der Waals surface area (Å²) in [5, 5.41) is 6.92. The zero-order valence-corrected chi connectivity index (χ0v) is 12.8. The van der Waals surface area contributed by atoms with E-state index in [4.69, 9.17) is 9.15 Å². The van der Waals surface area contributed by atoms with Crippen molar-refractivity contribution in [3.05, 3.63) is 72.7 Å². The number of hydrogen-bond acceptors (Lipinski definition) is 4. The van der Waals surface area contributed by atoms with Gasteiger partial charge in [-0.2, -0.15) is 5.10 Å². The Kier molecular flexibility index (Phi) is 4.90. The molecule has 0 radical (unpaired) electrons. The molecule has 0 unspecified atom stereocenters. The predicted molar refractivity (Wildman–Crippen MR) is 84.0 cm³/mol. The first-order valence-electron chi connectivity index (χ1n) is 7.40. The molecule has 0 aliphatic heterocycles. The van der Waals surface area contributed by atoms with Crippen LogP contribution in [0.5, 0.6) is 5.75 Å². The van der Waals surface area contributed by atoms with E-state index < -0.39 is 5.82 Å². The minimum Gasteiger partial charge on any atom is -0.481 e. The number of carbonyl (C=O) groups is 1. The Morgan fingerprint density at radius 1 is 1.29 bits per heavy atom. The first-order valence-corrected chi connectivity index (χ1v) is 7.40. The summed E-state index contributed by atoms with van der Waals surface area (Å²) < 4.78 is 25.7. The highest BCUT2D eigenvalue weighted by molar-refractivity contribution is 5.77. The van der Waals surface area contributed by atoms with Crippen molar-refractivity contribution in [3.8, 4) is 5.75 Å². The lowest BCUT2D eigenvalue weighted by Gasteiger charge is -2.16. The first-order chi connectivity index (χ1) is 11.7. The average Bonchev–Trinajstić information content (AvgIpc) is 3.28. The van der Waals surface area contributed by atoms with E-state index in [-0.39, 0.29) is 30.9 Å². The van der Waals surface area contributed by atoms with Gasteiger partial charge in [0.1, 0.15) is 11.8 Å². The SMILES string of the molecule is O=C(COc1ccccc1F)NC[C@@H](c1ccco1)n1cccn1. The van der Waals surface area contributed by atoms with Gasteiger partial charge in [0, 0.05) is 18.9 Å². The largest absolute Gasteiger partial charge is 0.481 e. The average molecular weight is 329 g/mol. The lowest BCUT2D eigenvalue weighted by atomic mass is 10.2. The van der Waals surface area contributed by atoms with Gasteiger partial charge in [-0.15, -0.1) is 0 Å². The van der Waals surface area contributed by atoms with Gasteiger partial charge in [0.25, 0.3) is 5.91 Å². The number of nitrogens with one attached hydrogen (secondary N) is 1. The number of hydrogen-bond donors (Lipinski definition) is 1. The number of rotatable bonds is 7. The second-order valence-corrected chi connectivity index (χ2v) is 5.04. The summed E-state index contributed by atoms with van der Waals surface area (Å²) in [5.41, 5.74) is 0. The first kappa shape index (κ1) is 15.8. The molecule has 1 amide bonds. The maximum absolute atomic E-state index is 13.4. The van der Waals surface area contributed by atoms with Crippen molar-refractivity contribution >= 4 is 5.91 Å². The Hall–Kier alpha value is -3.09. The van der Waals surface area contributed by atoms with Crippen LogP contribution in [0.3, 0.4) is 0 Å². The molecule has 0 fully saturated rings. The summed E-state index contributed by atoms with van der Waals surface area (Å²) in [7, 11) is 0. The van der Waals surface area contributed by atoms with Crippen LogP contribution in [0.15, 0.2) is 65.5 Å². The molecule has 0 saturated carbocycles. The normalized spacial score (nSPS) is 11.9. The Morgan fingerprint density at radius 3 is 2.88 bits per heavy atom. The van der Waals surface area contributed by atoms with E-state index in [0.29, 0.717) is 5.76 Å². The van der Waals surface area contributed by atoms with E-state index in [1.54, 1.807) is 47.6 Å². The summed E-state index contributed by atoms with van der Waals surface area (Å²) in [6.45, 7) is -0.000423. The van der Waals surface area contributed by atoms with Crippen molar-refractivity contribution in [2.45, 2.75) is 6.04 Å². The van der Waals surface area contributed by atoms with Gasteiger partial charge in [-0.1, -0.05) is 12.1 Å². The lowest BCUT2D eigenvalue weighted by Crippen LogP contribution is -2.34. The third kappa shape index (κ3) is 3.81. The van der Waals surface area contributed by atoms with Crippen LogP contribution in [0.4, 0.5) is 4.39 Å². The van der Waals surface area contributed by atoms with E-state index in [2.05, 4.69) is 10.4 Å². The Bertz CT molecular complexity index is 738. The monoisotopic (exact) mass is 329 g/mol. The van der Waals surface area contributed by atoms with Gasteiger partial charge in [-0.25, -0.2) is 4.39 Å². The second-order valence-electron chi connectivity index (χ2n) is 5.04. The van der Waals surface area contributed by atoms with Crippen molar-refractivity contribution in [1.82, 2.24) is 15.1 Å². The van der Waals surface area contributed by atoms with Crippen LogP contribution in [-0.2, 0) is 4.79 Å². The molecule has 0 bridgehead atoms. The molecule has 3 aromatic rings. The minimum absolute atomic E-state index is 0.0438. The molecule has 2 heterocycles. The molecule has 2 aromatic heterocycles. The number of para-hydroxylation sites is 1. The molecule has 7 heteroatoms. The fraction of sp³-hybridized carbons (Fsp3) is 0.176. The van der Waals surface area contributed by atoms with Gasteiger partial charge in [-0.05, 0) is 30.3 Å². The van der Waals surface area contributed by atoms with Crippen LogP contribution in [0.25, 0.3) is 0 Å². The van der Waals surface area contributed by atoms with Crippen LogP contribution < -0.4 is 10.1 Å². The molecule has 3 rings (SSSR count). The molecule has 1 aromatic carbocycles. The summed E-state index contributed by atoms with van der Waals surface area (Å²) in [6, 6.07) is 11.0. The van der Waals surface area contributed by atoms with Gasteiger partial charge in [-0.3, -0.25) is 9.48 Å². The van der Waals surface area contributed by atoms with E-state index in [0.717, 1.165) is 0 Å². The molecular formula is C17H16FN3O3. The molecule has 124 valence electrons. The third-order valence-corrected chi connectivity index (χ3v) is 3.40. The van der Waals surface area contributed by atoms with Gasteiger partial charge < -0.3 is 14.5 Å². The maximum atomic E-state index is 13.4. The van der Waals surface area contributed by atoms with Crippen LogP contribution in [0, 0.1) is 5.82 Å². The predicted octanol–water partition coefficient (Wildman–Crippen LogP) is 2.40. The fourth-order valence-corrected chi connectivity index (χ4v) is 2.24. The quantitative estimate of drug-likeness (QED) is 0.723. The highest BCUT2D eigenvalue weighted by atomic mass is 19.1. The fourth-order valence-electron chi connectivity index (χ4n) is 2.24. The highest BCUT2D eigenvalue weighted by Gasteiger charge is 2.18. The summed E-state index contributed by atoms with van der Waals surface area (Å²) in [5.74, 6) is -0.145. The highest BCUT2D eigenvalue weighted by Crippen LogP contribution is 2.17. The van der Waals surface area contributed by atoms with Gasteiger partial charge in [0.2, 0.25) is 0 Å². The van der Waals surface area contributed by atoms with Crippen molar-refractivity contribution < 1.29 is 18.3 Å². The van der Waals surface area contributed by atoms with E-state index >= 15 is 0 Å². The lowest BCUT2D eigenvalue weighted by molar-refractivity contribution is -0.123. The zero-order chi connectivity index (χ0) is 16.8. The minimum atomic E-state index is -0.504. The number of furan rings is 1. The smallest absolute Gasteiger partial charge is 0.258 e. The Morgan fingerprint density at radius 2 is 2.17 bits per heavy atom. The topological polar surface area (TPSA) is 69.3 Å². The number of halogens is 1. The van der Waals surface area contributed by atoms with Gasteiger partial charge in [0.15, 0.2) is 18.2 Å². The molecular weight excluding hydrogens is 313 g/mol. The number of benzene rings is 1. The second kappa shape index (κ2) is 7.45. The van der Waals surface area contributed by atoms with E-state index in [9.17, 15) is 9.18 Å². The maximum Gasteiger partial charge on any atom is 0.258 e. The number of aromatic nitrogens is 2. The van der Waals surface area contributed by atoms with Crippen molar-refractivity contribution in [3.63, 3.8) is 0 Å². The Labute approximate surface area is 137 Å². The standard InChI is InChI=1S/C17H16FN3O3/c18-13-5-1-2-6-15(13)24-12-17(22)19-11-14(16-7-3-10-23-16)21-9-4-8-20-21/h1-10,14H,11-12H2,(H,19,22)/t14-/m0/s1. The molecule has 6 nitrogen and oxygen atoms in total. The van der Waals surface area contributed by atoms with Gasteiger partial charge >= 0.3 is 0 Å². The molecule has 24 heavy (non-hydrogen) atoms. The third-order valence-electron chi connectivity index (χ3n) is 3.40. The van der Waals surface area contributed by atoms with Gasteiger partial charge in [0.05, 0.1) is 6.26 Å². The van der Waals surface area contributed by atoms with Crippen molar-refractivity contribution in [1.29, 1.82) is 0 Å². The van der Waals surface area contributed by atoms with Crippen LogP contribution in [0.2, 0.25) is 0 Å². The number of ether oxygens (including phenoxy) is 1. The zero-order valence-electron chi connectivity index (χ0n) is 12.8. The number of carbonyl (C=O) groups excluding carboxylic acids is 1. The molecule has 1 atom stereocenters. The summed E-state index contributed by atoms with van der Waals surface area (Å²) >= 11 is 0. The molecule has 0 aliphatic carbocycles. The number of nitrogens with zero attached hydrogens (tertiary/aromatic N) is 2. The molecule has 0 spiro atoms. The van der Waals surface area contributed by atoms with E-state index in [1.807, 2.05) is 6.07 Å². The number of amides is 1. The molecule has 0 aliphatic rings. The van der Waals surface area contributed by atoms with Crippen LogP contribution in [0.1, 0.15) is 11.8 Å². The van der Waals surface area contributed by atoms with Crippen LogP contribution in [-0.4, -0.2) is 28.8 Å². The van der Waals surface area contributed by atoms with Crippen LogP contribution >= 0.6 is 0 Å². The van der Waals surface area contributed by atoms with E-state index in [1.165, 1.54) is 12.1 Å². The summed E-state index contributed by atoms with van der Waals surface area (Å²) in [4.78, 5) is 12.0. The Balaban J connectivity index is 1.57.